The van der Waals surface area contributed by atoms with E-state index in [4.69, 9.17) is 9.78 Å². The third-order valence-corrected chi connectivity index (χ3v) is 3.86. The van der Waals surface area contributed by atoms with Gasteiger partial charge in [-0.2, -0.15) is 4.58 Å². The zero-order valence-electron chi connectivity index (χ0n) is 13.2. The van der Waals surface area contributed by atoms with E-state index < -0.39 is 0 Å². The van der Waals surface area contributed by atoms with E-state index >= 15 is 0 Å². The highest BCUT2D eigenvalue weighted by molar-refractivity contribution is 5.88. The molecule has 0 atom stereocenters. The number of nitrogens with zero attached hydrogens (tertiary/aromatic N) is 2. The number of benzene rings is 2. The van der Waals surface area contributed by atoms with Gasteiger partial charge in [-0.3, -0.25) is 0 Å². The van der Waals surface area contributed by atoms with Gasteiger partial charge in [-0.15, -0.1) is 0 Å². The van der Waals surface area contributed by atoms with E-state index in [2.05, 4.69) is 66.1 Å². The van der Waals surface area contributed by atoms with Crippen molar-refractivity contribution in [2.75, 3.05) is 25.7 Å². The second kappa shape index (κ2) is 6.30. The highest BCUT2D eigenvalue weighted by atomic mass is 17.2. The smallest absolute Gasteiger partial charge is 0.224 e. The van der Waals surface area contributed by atoms with Crippen molar-refractivity contribution < 1.29 is 14.4 Å². The fraction of sp³-hybridized carbons (Fsp3) is 0.278. The maximum atomic E-state index is 5.06. The van der Waals surface area contributed by atoms with Crippen LogP contribution in [0.5, 0.6) is 0 Å². The number of para-hydroxylation sites is 1. The van der Waals surface area contributed by atoms with E-state index in [-0.39, 0.29) is 0 Å². The molecule has 0 saturated carbocycles. The Labute approximate surface area is 131 Å². The molecule has 0 N–H and O–H groups in total. The van der Waals surface area contributed by atoms with E-state index in [1.807, 2.05) is 6.07 Å². The maximum absolute atomic E-state index is 5.06. The summed E-state index contributed by atoms with van der Waals surface area (Å²) >= 11 is 0. The maximum Gasteiger partial charge on any atom is 0.224 e. The molecule has 4 heteroatoms. The van der Waals surface area contributed by atoms with Gasteiger partial charge < -0.3 is 4.90 Å². The second-order valence-electron chi connectivity index (χ2n) is 5.55. The zero-order chi connectivity index (χ0) is 15.5. The van der Waals surface area contributed by atoms with Crippen molar-refractivity contribution in [3.63, 3.8) is 0 Å². The first-order valence-corrected chi connectivity index (χ1v) is 7.36. The molecule has 1 aliphatic rings. The standard InChI is InChI=1S/C18H21N2O2/c1-14-9-15(12-22-21-3)10-16-11-20(13-19(2)18(14)16)17-7-5-4-6-8-17/h4-11H,12-13H2,1-3H3/q+1. The predicted octanol–water partition coefficient (Wildman–Crippen LogP) is 3.24. The van der Waals surface area contributed by atoms with E-state index in [0.29, 0.717) is 6.61 Å². The average Bonchev–Trinajstić information content (AvgIpc) is 2.53. The zero-order valence-corrected chi connectivity index (χ0v) is 13.2. The van der Waals surface area contributed by atoms with Gasteiger partial charge in [0.15, 0.2) is 6.21 Å². The van der Waals surface area contributed by atoms with Crippen molar-refractivity contribution in [2.24, 2.45) is 0 Å². The number of anilines is 1. The van der Waals surface area contributed by atoms with Gasteiger partial charge >= 0.3 is 0 Å². The van der Waals surface area contributed by atoms with Gasteiger partial charge in [-0.25, -0.2) is 9.78 Å². The van der Waals surface area contributed by atoms with Crippen LogP contribution in [0.25, 0.3) is 0 Å². The molecule has 22 heavy (non-hydrogen) atoms. The van der Waals surface area contributed by atoms with Crippen LogP contribution in [0.3, 0.4) is 0 Å². The first kappa shape index (κ1) is 14.8. The number of rotatable bonds is 4. The SMILES string of the molecule is COOCc1cc(C)c2c(c1)C=[N+](c1ccccc1)CN2C. The summed E-state index contributed by atoms with van der Waals surface area (Å²) in [6, 6.07) is 14.7. The average molecular weight is 297 g/mol. The van der Waals surface area contributed by atoms with Crippen molar-refractivity contribution in [3.8, 4) is 0 Å². The van der Waals surface area contributed by atoms with Gasteiger partial charge in [0.25, 0.3) is 0 Å². The van der Waals surface area contributed by atoms with Gasteiger partial charge in [0.2, 0.25) is 12.4 Å². The molecule has 0 bridgehead atoms. The van der Waals surface area contributed by atoms with E-state index in [9.17, 15) is 0 Å². The van der Waals surface area contributed by atoms with Crippen molar-refractivity contribution in [3.05, 3.63) is 59.2 Å². The summed E-state index contributed by atoms with van der Waals surface area (Å²) in [7, 11) is 3.66. The van der Waals surface area contributed by atoms with Crippen LogP contribution in [0.2, 0.25) is 0 Å². The summed E-state index contributed by atoms with van der Waals surface area (Å²) in [5.41, 5.74) is 6.02. The lowest BCUT2D eigenvalue weighted by Gasteiger charge is -2.25. The van der Waals surface area contributed by atoms with Crippen LogP contribution >= 0.6 is 0 Å². The summed E-state index contributed by atoms with van der Waals surface area (Å²) in [6.07, 6.45) is 2.20. The quantitative estimate of drug-likeness (QED) is 0.492. The summed E-state index contributed by atoms with van der Waals surface area (Å²) < 4.78 is 2.25. The van der Waals surface area contributed by atoms with Crippen LogP contribution in [-0.2, 0) is 16.4 Å². The highest BCUT2D eigenvalue weighted by Gasteiger charge is 2.23. The molecule has 114 valence electrons. The van der Waals surface area contributed by atoms with E-state index in [0.717, 1.165) is 12.2 Å². The Balaban J connectivity index is 2.03. The van der Waals surface area contributed by atoms with Crippen LogP contribution in [0.4, 0.5) is 11.4 Å². The summed E-state index contributed by atoms with van der Waals surface area (Å²) in [4.78, 5) is 12.0. The molecule has 0 saturated heterocycles. The fourth-order valence-electron chi connectivity index (χ4n) is 3.00. The molecule has 0 amide bonds. The van der Waals surface area contributed by atoms with Crippen LogP contribution in [0.15, 0.2) is 42.5 Å². The molecule has 2 aromatic rings. The molecule has 0 aromatic heterocycles. The Kier molecular flexibility index (Phi) is 4.22. The van der Waals surface area contributed by atoms with E-state index in [1.54, 1.807) is 0 Å². The van der Waals surface area contributed by atoms with Gasteiger partial charge in [-0.1, -0.05) is 24.3 Å². The molecule has 0 spiro atoms. The molecule has 0 unspecified atom stereocenters. The molecular formula is C18H21N2O2+. The Morgan fingerprint density at radius 3 is 2.68 bits per heavy atom. The lowest BCUT2D eigenvalue weighted by Crippen LogP contribution is -2.33. The number of hydrogen-bond donors (Lipinski definition) is 0. The molecular weight excluding hydrogens is 276 g/mol. The van der Waals surface area contributed by atoms with Crippen molar-refractivity contribution >= 4 is 17.6 Å². The van der Waals surface area contributed by atoms with Crippen molar-refractivity contribution in [2.45, 2.75) is 13.5 Å². The first-order chi connectivity index (χ1) is 10.7. The summed E-state index contributed by atoms with van der Waals surface area (Å²) in [6.45, 7) is 3.43. The Morgan fingerprint density at radius 1 is 1.18 bits per heavy atom. The molecule has 4 nitrogen and oxygen atoms in total. The van der Waals surface area contributed by atoms with Crippen LogP contribution in [-0.4, -0.2) is 31.6 Å². The lowest BCUT2D eigenvalue weighted by molar-refractivity contribution is -0.435. The normalized spacial score (nSPS) is 13.8. The van der Waals surface area contributed by atoms with Crippen LogP contribution < -0.4 is 4.90 Å². The fourth-order valence-corrected chi connectivity index (χ4v) is 3.00. The third-order valence-electron chi connectivity index (χ3n) is 3.86. The topological polar surface area (TPSA) is 24.7 Å². The molecule has 0 radical (unpaired) electrons. The van der Waals surface area contributed by atoms with Crippen molar-refractivity contribution in [1.82, 2.24) is 0 Å². The van der Waals surface area contributed by atoms with Crippen LogP contribution in [0.1, 0.15) is 16.7 Å². The monoisotopic (exact) mass is 297 g/mol. The largest absolute Gasteiger partial charge is 0.319 e. The molecule has 2 aromatic carbocycles. The first-order valence-electron chi connectivity index (χ1n) is 7.36. The lowest BCUT2D eigenvalue weighted by atomic mass is 10.0. The minimum atomic E-state index is 0.452. The predicted molar refractivity (Wildman–Crippen MR) is 87.8 cm³/mol. The van der Waals surface area contributed by atoms with Gasteiger partial charge in [0, 0.05) is 19.2 Å². The molecule has 0 aliphatic carbocycles. The minimum Gasteiger partial charge on any atom is -0.319 e. The number of aryl methyl sites for hydroxylation is 1. The third kappa shape index (κ3) is 2.89. The Morgan fingerprint density at radius 2 is 1.95 bits per heavy atom. The Hall–Kier alpha value is -2.17. The molecule has 1 aliphatic heterocycles. The highest BCUT2D eigenvalue weighted by Crippen LogP contribution is 2.29. The summed E-state index contributed by atoms with van der Waals surface area (Å²) in [5.74, 6) is 0. The van der Waals surface area contributed by atoms with Crippen molar-refractivity contribution in [1.29, 1.82) is 0 Å². The van der Waals surface area contributed by atoms with Gasteiger partial charge in [-0.05, 0) is 24.1 Å². The molecule has 1 heterocycles. The Bertz CT molecular complexity index is 696. The number of hydrogen-bond acceptors (Lipinski definition) is 3. The second-order valence-corrected chi connectivity index (χ2v) is 5.55. The molecule has 3 rings (SSSR count). The molecule has 0 fully saturated rings. The number of fused-ring (bicyclic) bond motifs is 1. The summed E-state index contributed by atoms with van der Waals surface area (Å²) in [5, 5.41) is 0. The van der Waals surface area contributed by atoms with Gasteiger partial charge in [0.05, 0.1) is 18.4 Å². The van der Waals surface area contributed by atoms with Gasteiger partial charge in [0.1, 0.15) is 6.61 Å². The minimum absolute atomic E-state index is 0.452. The van der Waals surface area contributed by atoms with E-state index in [1.165, 1.54) is 29.6 Å². The van der Waals surface area contributed by atoms with Crippen LogP contribution in [0, 0.1) is 6.92 Å².